The molecule has 0 bridgehead atoms. The van der Waals surface area contributed by atoms with Gasteiger partial charge in [-0.1, -0.05) is 147 Å². The Morgan fingerprint density at radius 2 is 1.00 bits per heavy atom. The van der Waals surface area contributed by atoms with E-state index in [-0.39, 0.29) is 5.41 Å². The largest absolute Gasteiger partial charge is 0.309 e. The molecule has 0 amide bonds. The van der Waals surface area contributed by atoms with Crippen molar-refractivity contribution in [2.24, 2.45) is 0 Å². The number of benzene rings is 9. The Morgan fingerprint density at radius 1 is 0.411 bits per heavy atom. The van der Waals surface area contributed by atoms with Crippen LogP contribution in [0.3, 0.4) is 0 Å². The normalized spacial score (nSPS) is 13.3. The minimum absolute atomic E-state index is 0.106. The third-order valence-electron chi connectivity index (χ3n) is 12.3. The molecule has 0 radical (unpaired) electrons. The molecular formula is C53H35NS2. The summed E-state index contributed by atoms with van der Waals surface area (Å²) in [4.78, 5) is 2.50. The van der Waals surface area contributed by atoms with Crippen LogP contribution in [0.25, 0.3) is 84.1 Å². The molecule has 0 unspecified atom stereocenters. The quantitative estimate of drug-likeness (QED) is 0.173. The molecule has 0 saturated carbocycles. The van der Waals surface area contributed by atoms with Crippen molar-refractivity contribution in [3.8, 4) is 22.3 Å². The van der Waals surface area contributed by atoms with Gasteiger partial charge in [0.15, 0.2) is 0 Å². The van der Waals surface area contributed by atoms with Crippen LogP contribution in [-0.2, 0) is 5.41 Å². The van der Waals surface area contributed by atoms with Crippen LogP contribution in [0.15, 0.2) is 176 Å². The van der Waals surface area contributed by atoms with Crippen LogP contribution >= 0.6 is 22.7 Å². The zero-order valence-electron chi connectivity index (χ0n) is 31.0. The van der Waals surface area contributed by atoms with E-state index in [9.17, 15) is 0 Å². The van der Waals surface area contributed by atoms with E-state index < -0.39 is 0 Å². The van der Waals surface area contributed by atoms with Crippen molar-refractivity contribution in [2.45, 2.75) is 19.3 Å². The van der Waals surface area contributed by atoms with Gasteiger partial charge in [0.05, 0.1) is 10.4 Å². The summed E-state index contributed by atoms with van der Waals surface area (Å²) in [6, 6.07) is 65.6. The molecule has 0 aliphatic heterocycles. The number of hydrogen-bond donors (Lipinski definition) is 0. The molecule has 0 spiro atoms. The molecule has 1 aliphatic carbocycles. The second-order valence-electron chi connectivity index (χ2n) is 15.6. The molecule has 0 saturated heterocycles. The Hall–Kier alpha value is -6.26. The molecule has 9 aromatic carbocycles. The van der Waals surface area contributed by atoms with Crippen molar-refractivity contribution < 1.29 is 0 Å². The van der Waals surface area contributed by atoms with Gasteiger partial charge in [0.25, 0.3) is 0 Å². The highest BCUT2D eigenvalue weighted by atomic mass is 32.1. The molecule has 0 atom stereocenters. The molecule has 56 heavy (non-hydrogen) atoms. The lowest BCUT2D eigenvalue weighted by Crippen LogP contribution is -2.16. The van der Waals surface area contributed by atoms with Crippen molar-refractivity contribution in [1.82, 2.24) is 0 Å². The Kier molecular flexibility index (Phi) is 6.79. The lowest BCUT2D eigenvalue weighted by atomic mass is 9.82. The molecule has 1 aliphatic rings. The number of rotatable bonds is 4. The predicted molar refractivity (Wildman–Crippen MR) is 245 cm³/mol. The highest BCUT2D eigenvalue weighted by molar-refractivity contribution is 7.28. The Bertz CT molecular complexity index is 3390. The first kappa shape index (κ1) is 32.0. The summed E-state index contributed by atoms with van der Waals surface area (Å²) >= 11 is 3.84. The maximum Gasteiger partial charge on any atom is 0.0640 e. The van der Waals surface area contributed by atoms with Gasteiger partial charge in [-0.05, 0) is 97.4 Å². The van der Waals surface area contributed by atoms with E-state index in [1.807, 2.05) is 22.7 Å². The van der Waals surface area contributed by atoms with E-state index in [0.717, 1.165) is 5.69 Å². The summed E-state index contributed by atoms with van der Waals surface area (Å²) in [5.74, 6) is 0. The maximum atomic E-state index is 2.50. The van der Waals surface area contributed by atoms with Gasteiger partial charge < -0.3 is 4.90 Å². The van der Waals surface area contributed by atoms with E-state index >= 15 is 0 Å². The monoisotopic (exact) mass is 749 g/mol. The average molecular weight is 750 g/mol. The minimum atomic E-state index is -0.106. The lowest BCUT2D eigenvalue weighted by Gasteiger charge is -2.28. The zero-order valence-corrected chi connectivity index (χ0v) is 32.6. The second-order valence-corrected chi connectivity index (χ2v) is 17.7. The third-order valence-corrected chi connectivity index (χ3v) is 14.7. The van der Waals surface area contributed by atoms with Gasteiger partial charge >= 0.3 is 0 Å². The van der Waals surface area contributed by atoms with Crippen LogP contribution in [0.2, 0.25) is 0 Å². The highest BCUT2D eigenvalue weighted by Crippen LogP contribution is 2.53. The zero-order chi connectivity index (χ0) is 37.1. The number of anilines is 3. The molecule has 1 nitrogen and oxygen atoms in total. The third kappa shape index (κ3) is 4.53. The molecule has 11 aromatic rings. The molecule has 0 N–H and O–H groups in total. The summed E-state index contributed by atoms with van der Waals surface area (Å²) in [7, 11) is 0. The number of thiophene rings is 2. The van der Waals surface area contributed by atoms with Gasteiger partial charge in [0.1, 0.15) is 0 Å². The lowest BCUT2D eigenvalue weighted by molar-refractivity contribution is 0.660. The summed E-state index contributed by atoms with van der Waals surface area (Å²) in [5, 5.41) is 10.6. The van der Waals surface area contributed by atoms with E-state index in [0.29, 0.717) is 0 Å². The number of nitrogens with zero attached hydrogens (tertiary/aromatic N) is 1. The van der Waals surface area contributed by atoms with Crippen LogP contribution in [0.5, 0.6) is 0 Å². The van der Waals surface area contributed by atoms with Gasteiger partial charge in [-0.2, -0.15) is 0 Å². The van der Waals surface area contributed by atoms with Gasteiger partial charge in [0.2, 0.25) is 0 Å². The van der Waals surface area contributed by atoms with Crippen LogP contribution < -0.4 is 4.90 Å². The van der Waals surface area contributed by atoms with E-state index in [4.69, 9.17) is 0 Å². The standard InChI is InChI=1S/C53H35NS2/c1-53(2)44-19-8-7-16-40(44)41-28-26-36(31-45(41)53)54(35-24-21-34(22-25-35)38-17-9-13-32-11-3-5-14-37(32)38)46-20-10-18-42-49-48(56-52(42)46)30-29-47-50(49)43-27-23-33-12-4-6-15-39(33)51(43)55-47/h3-31H,1-2H3. The summed E-state index contributed by atoms with van der Waals surface area (Å²) in [6.07, 6.45) is 0. The van der Waals surface area contributed by atoms with E-state index in [1.54, 1.807) is 0 Å². The Labute approximate surface area is 333 Å². The smallest absolute Gasteiger partial charge is 0.0640 e. The molecule has 0 fully saturated rings. The number of hydrogen-bond acceptors (Lipinski definition) is 3. The first-order chi connectivity index (χ1) is 27.5. The topological polar surface area (TPSA) is 3.24 Å². The molecule has 264 valence electrons. The molecule has 2 aromatic heterocycles. The van der Waals surface area contributed by atoms with Gasteiger partial charge in [-0.3, -0.25) is 0 Å². The van der Waals surface area contributed by atoms with Crippen molar-refractivity contribution in [1.29, 1.82) is 0 Å². The second kappa shape index (κ2) is 11.9. The van der Waals surface area contributed by atoms with Crippen LogP contribution in [0.4, 0.5) is 17.1 Å². The fourth-order valence-electron chi connectivity index (χ4n) is 9.57. The fraction of sp³-hybridized carbons (Fsp3) is 0.0566. The fourth-order valence-corrected chi connectivity index (χ4v) is 12.0. The van der Waals surface area contributed by atoms with Crippen molar-refractivity contribution in [2.75, 3.05) is 4.90 Å². The summed E-state index contributed by atoms with van der Waals surface area (Å²) < 4.78 is 5.34. The first-order valence-electron chi connectivity index (χ1n) is 19.3. The van der Waals surface area contributed by atoms with Crippen molar-refractivity contribution >= 4 is 102 Å². The molecule has 3 heteroatoms. The predicted octanol–water partition coefficient (Wildman–Crippen LogP) is 16.2. The molecule has 12 rings (SSSR count). The Morgan fingerprint density at radius 3 is 1.82 bits per heavy atom. The SMILES string of the molecule is CC1(C)c2ccccc2-c2ccc(N(c3ccc(-c4cccc5ccccc45)cc3)c3cccc4c3sc3ccc5sc6c7ccccc7ccc6c5c34)cc21. The van der Waals surface area contributed by atoms with Gasteiger partial charge in [-0.25, -0.2) is 0 Å². The Balaban J connectivity index is 1.09. The summed E-state index contributed by atoms with van der Waals surface area (Å²) in [5.41, 5.74) is 11.3. The number of fused-ring (bicyclic) bond motifs is 13. The van der Waals surface area contributed by atoms with E-state index in [2.05, 4.69) is 195 Å². The molecular weight excluding hydrogens is 715 g/mol. The van der Waals surface area contributed by atoms with Crippen LogP contribution in [-0.4, -0.2) is 0 Å². The summed E-state index contributed by atoms with van der Waals surface area (Å²) in [6.45, 7) is 4.74. The van der Waals surface area contributed by atoms with E-state index in [1.165, 1.54) is 107 Å². The maximum absolute atomic E-state index is 2.50. The van der Waals surface area contributed by atoms with Crippen LogP contribution in [0.1, 0.15) is 25.0 Å². The molecule has 2 heterocycles. The van der Waals surface area contributed by atoms with Gasteiger partial charge in [0, 0.05) is 52.4 Å². The van der Waals surface area contributed by atoms with Crippen LogP contribution in [0, 0.1) is 0 Å². The minimum Gasteiger partial charge on any atom is -0.309 e. The first-order valence-corrected chi connectivity index (χ1v) is 21.0. The van der Waals surface area contributed by atoms with Crippen molar-refractivity contribution in [3.63, 3.8) is 0 Å². The average Bonchev–Trinajstić information content (AvgIpc) is 3.89. The van der Waals surface area contributed by atoms with Gasteiger partial charge in [-0.15, -0.1) is 22.7 Å². The van der Waals surface area contributed by atoms with Crippen molar-refractivity contribution in [3.05, 3.63) is 187 Å². The highest BCUT2D eigenvalue weighted by Gasteiger charge is 2.36.